The molecule has 0 radical (unpaired) electrons. The van der Waals surface area contributed by atoms with Gasteiger partial charge in [0.15, 0.2) is 0 Å². The van der Waals surface area contributed by atoms with Crippen molar-refractivity contribution in [1.29, 1.82) is 0 Å². The average Bonchev–Trinajstić information content (AvgIpc) is 2.48. The lowest BCUT2D eigenvalue weighted by Crippen LogP contribution is -2.36. The first kappa shape index (κ1) is 18.6. The van der Waals surface area contributed by atoms with Crippen LogP contribution in [0.5, 0.6) is 0 Å². The van der Waals surface area contributed by atoms with Crippen LogP contribution < -0.4 is 5.73 Å². The Morgan fingerprint density at radius 3 is 2.35 bits per heavy atom. The SMILES string of the molecule is Cl.N[C@H](c1ccccc1Sc1ccc(Cl)cc1)[C@@H](O)C1CCC1. The van der Waals surface area contributed by atoms with Crippen molar-refractivity contribution in [3.8, 4) is 0 Å². The van der Waals surface area contributed by atoms with Crippen molar-refractivity contribution in [2.45, 2.75) is 41.2 Å². The lowest BCUT2D eigenvalue weighted by molar-refractivity contribution is 0.0407. The zero-order chi connectivity index (χ0) is 15.5. The van der Waals surface area contributed by atoms with E-state index in [4.69, 9.17) is 17.3 Å². The van der Waals surface area contributed by atoms with Crippen LogP contribution in [0.25, 0.3) is 0 Å². The fraction of sp³-hybridized carbons (Fsp3) is 0.333. The highest BCUT2D eigenvalue weighted by Gasteiger charge is 2.31. The van der Waals surface area contributed by atoms with Crippen molar-refractivity contribution >= 4 is 35.8 Å². The highest BCUT2D eigenvalue weighted by atomic mass is 35.5. The monoisotopic (exact) mass is 369 g/mol. The molecule has 2 nitrogen and oxygen atoms in total. The predicted molar refractivity (Wildman–Crippen MR) is 99.5 cm³/mol. The lowest BCUT2D eigenvalue weighted by atomic mass is 9.77. The molecule has 0 aliphatic heterocycles. The van der Waals surface area contributed by atoms with E-state index >= 15 is 0 Å². The van der Waals surface area contributed by atoms with E-state index in [-0.39, 0.29) is 18.4 Å². The molecule has 2 aromatic rings. The van der Waals surface area contributed by atoms with Crippen LogP contribution in [0.3, 0.4) is 0 Å². The van der Waals surface area contributed by atoms with E-state index in [1.165, 1.54) is 6.42 Å². The summed E-state index contributed by atoms with van der Waals surface area (Å²) in [6.07, 6.45) is 2.92. The van der Waals surface area contributed by atoms with Crippen LogP contribution in [-0.4, -0.2) is 11.2 Å². The van der Waals surface area contributed by atoms with Gasteiger partial charge in [-0.05, 0) is 54.7 Å². The Bertz CT molecular complexity index is 631. The van der Waals surface area contributed by atoms with Crippen molar-refractivity contribution < 1.29 is 5.11 Å². The zero-order valence-electron chi connectivity index (χ0n) is 12.7. The summed E-state index contributed by atoms with van der Waals surface area (Å²) in [6, 6.07) is 15.5. The van der Waals surface area contributed by atoms with Gasteiger partial charge in [-0.3, -0.25) is 0 Å². The molecule has 1 saturated carbocycles. The van der Waals surface area contributed by atoms with Gasteiger partial charge in [-0.15, -0.1) is 12.4 Å². The van der Waals surface area contributed by atoms with Crippen LogP contribution in [0.1, 0.15) is 30.9 Å². The molecule has 0 saturated heterocycles. The first-order valence-corrected chi connectivity index (χ1v) is 8.80. The normalized spacial score (nSPS) is 17.0. The molecule has 124 valence electrons. The highest BCUT2D eigenvalue weighted by Crippen LogP contribution is 2.38. The highest BCUT2D eigenvalue weighted by molar-refractivity contribution is 7.99. The molecule has 1 fully saturated rings. The van der Waals surface area contributed by atoms with Gasteiger partial charge in [0, 0.05) is 14.8 Å². The maximum Gasteiger partial charge on any atom is 0.0761 e. The molecule has 0 aromatic heterocycles. The summed E-state index contributed by atoms with van der Waals surface area (Å²) in [5, 5.41) is 11.2. The van der Waals surface area contributed by atoms with Crippen molar-refractivity contribution in [2.75, 3.05) is 0 Å². The van der Waals surface area contributed by atoms with Crippen molar-refractivity contribution in [2.24, 2.45) is 11.7 Å². The van der Waals surface area contributed by atoms with E-state index < -0.39 is 6.10 Å². The summed E-state index contributed by atoms with van der Waals surface area (Å²) in [4.78, 5) is 2.21. The molecule has 2 atom stereocenters. The van der Waals surface area contributed by atoms with Crippen molar-refractivity contribution in [3.63, 3.8) is 0 Å². The van der Waals surface area contributed by atoms with E-state index in [1.807, 2.05) is 42.5 Å². The molecule has 0 unspecified atom stereocenters. The third-order valence-corrected chi connectivity index (χ3v) is 5.67. The first-order chi connectivity index (χ1) is 10.6. The molecule has 0 amide bonds. The molecule has 3 N–H and O–H groups in total. The summed E-state index contributed by atoms with van der Waals surface area (Å²) >= 11 is 7.59. The number of benzene rings is 2. The summed E-state index contributed by atoms with van der Waals surface area (Å²) < 4.78 is 0. The molecule has 2 aromatic carbocycles. The summed E-state index contributed by atoms with van der Waals surface area (Å²) in [6.45, 7) is 0. The van der Waals surface area contributed by atoms with Crippen LogP contribution in [0.15, 0.2) is 58.3 Å². The number of nitrogens with two attached hydrogens (primary N) is 1. The van der Waals surface area contributed by atoms with Crippen molar-refractivity contribution in [1.82, 2.24) is 0 Å². The minimum absolute atomic E-state index is 0. The number of halogens is 2. The molecular formula is C18H21Cl2NOS. The van der Waals surface area contributed by atoms with Crippen LogP contribution in [-0.2, 0) is 0 Å². The molecule has 3 rings (SSSR count). The average molecular weight is 370 g/mol. The summed E-state index contributed by atoms with van der Waals surface area (Å²) in [5.41, 5.74) is 7.36. The fourth-order valence-corrected chi connectivity index (χ4v) is 3.86. The zero-order valence-corrected chi connectivity index (χ0v) is 15.1. The second-order valence-corrected chi connectivity index (χ2v) is 7.35. The Morgan fingerprint density at radius 1 is 1.09 bits per heavy atom. The second kappa shape index (κ2) is 8.41. The Kier molecular flexibility index (Phi) is 6.81. The van der Waals surface area contributed by atoms with Crippen LogP contribution in [0.4, 0.5) is 0 Å². The third-order valence-electron chi connectivity index (χ3n) is 4.32. The van der Waals surface area contributed by atoms with Gasteiger partial charge in [0.05, 0.1) is 12.1 Å². The minimum Gasteiger partial charge on any atom is -0.391 e. The molecule has 1 aliphatic carbocycles. The molecule has 1 aliphatic rings. The minimum atomic E-state index is -0.458. The number of rotatable bonds is 5. The van der Waals surface area contributed by atoms with Gasteiger partial charge in [-0.1, -0.05) is 48.0 Å². The fourth-order valence-electron chi connectivity index (χ4n) is 2.74. The maximum atomic E-state index is 10.5. The van der Waals surface area contributed by atoms with Gasteiger partial charge in [0.2, 0.25) is 0 Å². The van der Waals surface area contributed by atoms with E-state index in [2.05, 4.69) is 6.07 Å². The first-order valence-electron chi connectivity index (χ1n) is 7.61. The molecule has 23 heavy (non-hydrogen) atoms. The van der Waals surface area contributed by atoms with Gasteiger partial charge in [0.25, 0.3) is 0 Å². The van der Waals surface area contributed by atoms with Gasteiger partial charge in [-0.25, -0.2) is 0 Å². The number of hydrogen-bond donors (Lipinski definition) is 2. The van der Waals surface area contributed by atoms with Crippen molar-refractivity contribution in [3.05, 3.63) is 59.1 Å². The largest absolute Gasteiger partial charge is 0.391 e. The van der Waals surface area contributed by atoms with E-state index in [9.17, 15) is 5.11 Å². The maximum absolute atomic E-state index is 10.5. The van der Waals surface area contributed by atoms with Gasteiger partial charge < -0.3 is 10.8 Å². The van der Waals surface area contributed by atoms with Crippen LogP contribution in [0.2, 0.25) is 5.02 Å². The molecule has 0 spiro atoms. The molecule has 0 heterocycles. The lowest BCUT2D eigenvalue weighted by Gasteiger charge is -2.34. The van der Waals surface area contributed by atoms with E-state index in [1.54, 1.807) is 11.8 Å². The molecule has 5 heteroatoms. The van der Waals surface area contributed by atoms with Gasteiger partial charge in [0.1, 0.15) is 0 Å². The number of aliphatic hydroxyl groups is 1. The molecular weight excluding hydrogens is 349 g/mol. The van der Waals surface area contributed by atoms with Gasteiger partial charge in [-0.2, -0.15) is 0 Å². The van der Waals surface area contributed by atoms with E-state index in [0.717, 1.165) is 33.2 Å². The van der Waals surface area contributed by atoms with Crippen LogP contribution >= 0.6 is 35.8 Å². The Balaban J connectivity index is 0.00000192. The summed E-state index contributed by atoms with van der Waals surface area (Å²) in [5.74, 6) is 0.351. The Labute approximate surface area is 152 Å². The Hall–Kier alpha value is -0.710. The van der Waals surface area contributed by atoms with Gasteiger partial charge >= 0.3 is 0 Å². The smallest absolute Gasteiger partial charge is 0.0761 e. The Morgan fingerprint density at radius 2 is 1.74 bits per heavy atom. The second-order valence-electron chi connectivity index (χ2n) is 5.80. The number of hydrogen-bond acceptors (Lipinski definition) is 3. The number of aliphatic hydroxyl groups excluding tert-OH is 1. The standard InChI is InChI=1S/C18H20ClNOS.ClH/c19-13-8-10-14(11-9-13)22-16-7-2-1-6-15(16)17(20)18(21)12-4-3-5-12;/h1-2,6-12,17-18,21H,3-5,20H2;1H/t17-,18+;/m1./s1. The third kappa shape index (κ3) is 4.43. The van der Waals surface area contributed by atoms with Crippen LogP contribution in [0, 0.1) is 5.92 Å². The topological polar surface area (TPSA) is 46.2 Å². The summed E-state index contributed by atoms with van der Waals surface area (Å²) in [7, 11) is 0. The predicted octanol–water partition coefficient (Wildman–Crippen LogP) is 5.07. The molecule has 0 bridgehead atoms. The quantitative estimate of drug-likeness (QED) is 0.772. The van der Waals surface area contributed by atoms with E-state index in [0.29, 0.717) is 5.92 Å².